The van der Waals surface area contributed by atoms with Crippen molar-refractivity contribution in [3.05, 3.63) is 23.8 Å². The molecule has 0 spiro atoms. The molecule has 0 aromatic heterocycles. The van der Waals surface area contributed by atoms with Crippen LogP contribution in [0.2, 0.25) is 0 Å². The average Bonchev–Trinajstić information content (AvgIpc) is 2.13. The smallest absolute Gasteiger partial charge is 0.122 e. The van der Waals surface area contributed by atoms with Gasteiger partial charge in [0.1, 0.15) is 11.5 Å². The van der Waals surface area contributed by atoms with E-state index >= 15 is 0 Å². The lowest BCUT2D eigenvalue weighted by Crippen LogP contribution is -2.26. The van der Waals surface area contributed by atoms with Crippen molar-refractivity contribution in [2.75, 3.05) is 0 Å². The molecule has 0 bridgehead atoms. The number of aromatic hydroxyl groups is 2. The van der Waals surface area contributed by atoms with Gasteiger partial charge in [-0.2, -0.15) is 0 Å². The summed E-state index contributed by atoms with van der Waals surface area (Å²) in [4.78, 5) is 0. The zero-order chi connectivity index (χ0) is 12.6. The molecule has 0 saturated heterocycles. The summed E-state index contributed by atoms with van der Waals surface area (Å²) in [7, 11) is 0. The third-order valence-corrected chi connectivity index (χ3v) is 3.84. The minimum atomic E-state index is 0.134. The number of benzene rings is 1. The van der Waals surface area contributed by atoms with Crippen molar-refractivity contribution in [3.8, 4) is 11.5 Å². The van der Waals surface area contributed by atoms with Crippen molar-refractivity contribution in [1.82, 2.24) is 0 Å². The summed E-state index contributed by atoms with van der Waals surface area (Å²) in [6.45, 7) is 6.88. The van der Waals surface area contributed by atoms with E-state index in [1.807, 2.05) is 6.07 Å². The predicted octanol–water partition coefficient (Wildman–Crippen LogP) is 4.03. The minimum absolute atomic E-state index is 0.134. The van der Waals surface area contributed by atoms with Gasteiger partial charge in [0.25, 0.3) is 0 Å². The van der Waals surface area contributed by atoms with Gasteiger partial charge in [-0.3, -0.25) is 0 Å². The summed E-state index contributed by atoms with van der Waals surface area (Å²) in [5, 5.41) is 19.3. The highest BCUT2D eigenvalue weighted by molar-refractivity contribution is 5.41. The van der Waals surface area contributed by atoms with E-state index in [4.69, 9.17) is 0 Å². The number of hydrogen-bond donors (Lipinski definition) is 2. The highest BCUT2D eigenvalue weighted by Gasteiger charge is 2.33. The molecule has 1 aromatic carbocycles. The zero-order valence-corrected chi connectivity index (χ0v) is 10.9. The van der Waals surface area contributed by atoms with E-state index in [2.05, 4.69) is 20.8 Å². The zero-order valence-electron chi connectivity index (χ0n) is 10.9. The molecule has 17 heavy (non-hydrogen) atoms. The van der Waals surface area contributed by atoms with Gasteiger partial charge in [-0.05, 0) is 48.1 Å². The summed E-state index contributed by atoms with van der Waals surface area (Å²) >= 11 is 0. The highest BCUT2D eigenvalue weighted by Crippen LogP contribution is 2.47. The van der Waals surface area contributed by atoms with Crippen molar-refractivity contribution in [3.63, 3.8) is 0 Å². The number of phenols is 2. The van der Waals surface area contributed by atoms with E-state index in [-0.39, 0.29) is 11.5 Å². The second kappa shape index (κ2) is 4.25. The van der Waals surface area contributed by atoms with E-state index < -0.39 is 0 Å². The molecule has 94 valence electrons. The summed E-state index contributed by atoms with van der Waals surface area (Å²) in [5.41, 5.74) is 1.33. The van der Waals surface area contributed by atoms with Crippen LogP contribution in [-0.2, 0) is 0 Å². The van der Waals surface area contributed by atoms with Crippen molar-refractivity contribution < 1.29 is 10.2 Å². The molecule has 1 fully saturated rings. The van der Waals surface area contributed by atoms with Crippen molar-refractivity contribution in [2.24, 2.45) is 11.3 Å². The Bertz CT molecular complexity index is 409. The van der Waals surface area contributed by atoms with Crippen LogP contribution in [0.4, 0.5) is 0 Å². The Balaban J connectivity index is 2.27. The maximum absolute atomic E-state index is 9.94. The van der Waals surface area contributed by atoms with Gasteiger partial charge in [0.2, 0.25) is 0 Å². The molecule has 2 atom stereocenters. The van der Waals surface area contributed by atoms with Crippen LogP contribution in [0, 0.1) is 11.3 Å². The normalized spacial score (nSPS) is 27.9. The van der Waals surface area contributed by atoms with Crippen LogP contribution in [0.1, 0.15) is 51.5 Å². The van der Waals surface area contributed by atoms with E-state index in [1.165, 1.54) is 12.5 Å². The molecule has 1 aliphatic rings. The molecule has 0 aliphatic heterocycles. The van der Waals surface area contributed by atoms with Crippen LogP contribution in [0.25, 0.3) is 0 Å². The standard InChI is InChI=1S/C15H22O2/c1-10-6-11(9-15(2,3)8-10)13-5-4-12(16)7-14(13)17/h4-5,7,10-11,16-17H,6,8-9H2,1-3H3. The predicted molar refractivity (Wildman–Crippen MR) is 69.3 cm³/mol. The van der Waals surface area contributed by atoms with Crippen LogP contribution >= 0.6 is 0 Å². The molecule has 1 aliphatic carbocycles. The first-order valence-corrected chi connectivity index (χ1v) is 6.39. The van der Waals surface area contributed by atoms with Gasteiger partial charge in [-0.1, -0.05) is 26.8 Å². The molecule has 2 unspecified atom stereocenters. The first kappa shape index (κ1) is 12.3. The quantitative estimate of drug-likeness (QED) is 0.770. The van der Waals surface area contributed by atoms with Crippen LogP contribution in [0.5, 0.6) is 11.5 Å². The fraction of sp³-hybridized carbons (Fsp3) is 0.600. The lowest BCUT2D eigenvalue weighted by Gasteiger charge is -2.39. The third-order valence-electron chi connectivity index (χ3n) is 3.84. The fourth-order valence-corrected chi connectivity index (χ4v) is 3.46. The van der Waals surface area contributed by atoms with E-state index in [0.29, 0.717) is 17.3 Å². The molecule has 0 radical (unpaired) electrons. The monoisotopic (exact) mass is 234 g/mol. The van der Waals surface area contributed by atoms with Gasteiger partial charge in [0.05, 0.1) is 0 Å². The molecule has 2 nitrogen and oxygen atoms in total. The SMILES string of the molecule is CC1CC(c2ccc(O)cc2O)CC(C)(C)C1. The van der Waals surface area contributed by atoms with Crippen molar-refractivity contribution in [1.29, 1.82) is 0 Å². The summed E-state index contributed by atoms with van der Waals surface area (Å²) in [6, 6.07) is 4.98. The first-order valence-electron chi connectivity index (χ1n) is 6.39. The maximum atomic E-state index is 9.94. The van der Waals surface area contributed by atoms with Gasteiger partial charge in [-0.15, -0.1) is 0 Å². The van der Waals surface area contributed by atoms with Crippen molar-refractivity contribution >= 4 is 0 Å². The number of hydrogen-bond acceptors (Lipinski definition) is 2. The largest absolute Gasteiger partial charge is 0.508 e. The summed E-state index contributed by atoms with van der Waals surface area (Å²) in [5.74, 6) is 1.47. The summed E-state index contributed by atoms with van der Waals surface area (Å²) < 4.78 is 0. The van der Waals surface area contributed by atoms with Gasteiger partial charge in [0.15, 0.2) is 0 Å². The Labute approximate surface area is 103 Å². The minimum Gasteiger partial charge on any atom is -0.508 e. The average molecular weight is 234 g/mol. The molecule has 0 heterocycles. The Kier molecular flexibility index (Phi) is 3.07. The van der Waals surface area contributed by atoms with Crippen molar-refractivity contribution in [2.45, 2.75) is 46.0 Å². The molecular formula is C15H22O2. The second-order valence-electron chi connectivity index (χ2n) is 6.35. The molecular weight excluding hydrogens is 212 g/mol. The molecule has 1 saturated carbocycles. The van der Waals surface area contributed by atoms with Crippen LogP contribution < -0.4 is 0 Å². The fourth-order valence-electron chi connectivity index (χ4n) is 3.46. The Morgan fingerprint density at radius 2 is 1.88 bits per heavy atom. The Hall–Kier alpha value is -1.18. The lowest BCUT2D eigenvalue weighted by molar-refractivity contribution is 0.167. The van der Waals surface area contributed by atoms with Crippen LogP contribution in [-0.4, -0.2) is 10.2 Å². The third kappa shape index (κ3) is 2.74. The van der Waals surface area contributed by atoms with E-state index in [1.54, 1.807) is 6.07 Å². The van der Waals surface area contributed by atoms with Crippen LogP contribution in [0.3, 0.4) is 0 Å². The molecule has 1 aromatic rings. The van der Waals surface area contributed by atoms with Gasteiger partial charge in [0, 0.05) is 6.07 Å². The molecule has 2 rings (SSSR count). The van der Waals surface area contributed by atoms with Gasteiger partial charge in [-0.25, -0.2) is 0 Å². The highest BCUT2D eigenvalue weighted by atomic mass is 16.3. The molecule has 2 N–H and O–H groups in total. The topological polar surface area (TPSA) is 40.5 Å². The summed E-state index contributed by atoms with van der Waals surface area (Å²) in [6.07, 6.45) is 3.49. The second-order valence-corrected chi connectivity index (χ2v) is 6.35. The van der Waals surface area contributed by atoms with E-state index in [9.17, 15) is 10.2 Å². The first-order chi connectivity index (χ1) is 7.87. The number of rotatable bonds is 1. The maximum Gasteiger partial charge on any atom is 0.122 e. The lowest BCUT2D eigenvalue weighted by atomic mass is 9.66. The Morgan fingerprint density at radius 1 is 1.18 bits per heavy atom. The van der Waals surface area contributed by atoms with Crippen LogP contribution in [0.15, 0.2) is 18.2 Å². The molecule has 0 amide bonds. The van der Waals surface area contributed by atoms with Gasteiger partial charge < -0.3 is 10.2 Å². The Morgan fingerprint density at radius 3 is 2.47 bits per heavy atom. The molecule has 2 heteroatoms. The number of phenolic OH excluding ortho intramolecular Hbond substituents is 2. The van der Waals surface area contributed by atoms with E-state index in [0.717, 1.165) is 18.4 Å². The van der Waals surface area contributed by atoms with Gasteiger partial charge >= 0.3 is 0 Å².